The van der Waals surface area contributed by atoms with Crippen molar-refractivity contribution in [3.8, 4) is 5.75 Å². The van der Waals surface area contributed by atoms with Crippen LogP contribution in [0.1, 0.15) is 25.5 Å². The lowest BCUT2D eigenvalue weighted by Crippen LogP contribution is -2.49. The highest BCUT2D eigenvalue weighted by Crippen LogP contribution is 2.42. The Hall–Kier alpha value is -0.810. The molecule has 1 aliphatic heterocycles. The number of aliphatic hydroxyl groups excluding tert-OH is 1. The summed E-state index contributed by atoms with van der Waals surface area (Å²) in [5.74, 6) is 0.236. The first-order valence-electron chi connectivity index (χ1n) is 7.00. The summed E-state index contributed by atoms with van der Waals surface area (Å²) in [7, 11) is 0. The lowest BCUT2D eigenvalue weighted by Gasteiger charge is -2.43. The Morgan fingerprint density at radius 2 is 2.00 bits per heavy atom. The number of phenols is 1. The van der Waals surface area contributed by atoms with Gasteiger partial charge in [0.25, 0.3) is 0 Å². The van der Waals surface area contributed by atoms with E-state index in [9.17, 15) is 10.2 Å². The number of halogens is 1. The van der Waals surface area contributed by atoms with Crippen molar-refractivity contribution < 1.29 is 10.2 Å². The quantitative estimate of drug-likeness (QED) is 0.796. The summed E-state index contributed by atoms with van der Waals surface area (Å²) in [6.07, 6.45) is 0. The first-order valence-corrected chi connectivity index (χ1v) is 7.37. The van der Waals surface area contributed by atoms with Crippen LogP contribution in [-0.4, -0.2) is 47.9 Å². The second-order valence-electron chi connectivity index (χ2n) is 6.04. The predicted molar refractivity (Wildman–Crippen MR) is 81.2 cm³/mol. The summed E-state index contributed by atoms with van der Waals surface area (Å²) >= 11 is 6.09. The summed E-state index contributed by atoms with van der Waals surface area (Å²) in [5, 5.41) is 23.9. The van der Waals surface area contributed by atoms with Crippen LogP contribution in [0, 0.1) is 5.41 Å². The van der Waals surface area contributed by atoms with E-state index in [0.29, 0.717) is 5.02 Å². The van der Waals surface area contributed by atoms with Gasteiger partial charge in [-0.1, -0.05) is 25.4 Å². The van der Waals surface area contributed by atoms with Gasteiger partial charge >= 0.3 is 0 Å². The highest BCUT2D eigenvalue weighted by Gasteiger charge is 2.37. The number of hydrogen-bond donors (Lipinski definition) is 3. The molecular formula is C15H23ClN2O2. The second kappa shape index (κ2) is 6.31. The molecule has 0 radical (unpaired) electrons. The Morgan fingerprint density at radius 3 is 2.60 bits per heavy atom. The van der Waals surface area contributed by atoms with E-state index >= 15 is 0 Å². The van der Waals surface area contributed by atoms with Gasteiger partial charge in [0, 0.05) is 54.8 Å². The van der Waals surface area contributed by atoms with E-state index in [1.54, 1.807) is 18.2 Å². The molecule has 0 unspecified atom stereocenters. The molecule has 112 valence electrons. The van der Waals surface area contributed by atoms with Gasteiger partial charge < -0.3 is 15.5 Å². The third kappa shape index (κ3) is 3.26. The van der Waals surface area contributed by atoms with Crippen LogP contribution in [-0.2, 0) is 0 Å². The van der Waals surface area contributed by atoms with E-state index in [0.717, 1.165) is 31.7 Å². The van der Waals surface area contributed by atoms with Crippen LogP contribution in [0.2, 0.25) is 5.02 Å². The van der Waals surface area contributed by atoms with Crippen molar-refractivity contribution in [2.75, 3.05) is 32.8 Å². The van der Waals surface area contributed by atoms with Crippen molar-refractivity contribution in [2.45, 2.75) is 19.9 Å². The lowest BCUT2D eigenvalue weighted by atomic mass is 9.79. The maximum absolute atomic E-state index is 10.2. The van der Waals surface area contributed by atoms with Crippen LogP contribution >= 0.6 is 11.6 Å². The molecule has 0 spiro atoms. The number of piperazine rings is 1. The molecule has 1 aliphatic rings. The molecule has 0 bridgehead atoms. The van der Waals surface area contributed by atoms with Gasteiger partial charge in [-0.15, -0.1) is 0 Å². The van der Waals surface area contributed by atoms with Gasteiger partial charge in [-0.3, -0.25) is 4.90 Å². The fourth-order valence-corrected chi connectivity index (χ4v) is 3.06. The minimum atomic E-state index is -0.362. The minimum absolute atomic E-state index is 0.0492. The maximum atomic E-state index is 10.2. The Balaban J connectivity index is 2.42. The number of phenolic OH excluding ortho intramolecular Hbond substituents is 1. The highest BCUT2D eigenvalue weighted by atomic mass is 35.5. The Morgan fingerprint density at radius 1 is 1.35 bits per heavy atom. The molecule has 20 heavy (non-hydrogen) atoms. The second-order valence-corrected chi connectivity index (χ2v) is 6.47. The van der Waals surface area contributed by atoms with Crippen molar-refractivity contribution in [3.05, 3.63) is 28.8 Å². The fourth-order valence-electron chi connectivity index (χ4n) is 2.88. The SMILES string of the molecule is CC(C)(CO)[C@H](c1cc(Cl)ccc1O)N1CCNCC1. The molecule has 1 aromatic rings. The zero-order chi connectivity index (χ0) is 14.8. The number of rotatable bonds is 4. The van der Waals surface area contributed by atoms with Crippen LogP contribution in [0.25, 0.3) is 0 Å². The summed E-state index contributed by atoms with van der Waals surface area (Å²) in [6.45, 7) is 7.69. The van der Waals surface area contributed by atoms with E-state index in [2.05, 4.69) is 10.2 Å². The van der Waals surface area contributed by atoms with E-state index in [-0.39, 0.29) is 23.8 Å². The Bertz CT molecular complexity index is 459. The first-order chi connectivity index (χ1) is 9.45. The van der Waals surface area contributed by atoms with E-state index < -0.39 is 0 Å². The van der Waals surface area contributed by atoms with E-state index in [1.165, 1.54) is 0 Å². The average Bonchev–Trinajstić information content (AvgIpc) is 2.44. The summed E-state index contributed by atoms with van der Waals surface area (Å²) in [5.41, 5.74) is 0.429. The molecule has 1 fully saturated rings. The topological polar surface area (TPSA) is 55.7 Å². The van der Waals surface area contributed by atoms with Gasteiger partial charge in [-0.25, -0.2) is 0 Å². The minimum Gasteiger partial charge on any atom is -0.508 e. The molecule has 5 heteroatoms. The molecule has 3 N–H and O–H groups in total. The monoisotopic (exact) mass is 298 g/mol. The normalized spacial score (nSPS) is 19.0. The van der Waals surface area contributed by atoms with Crippen molar-refractivity contribution in [2.24, 2.45) is 5.41 Å². The standard InChI is InChI=1S/C15H23ClN2O2/c1-15(2,10-19)14(18-7-5-17-6-8-18)12-9-11(16)3-4-13(12)20/h3-4,9,14,17,19-20H,5-8,10H2,1-2H3/t14-/m0/s1. The van der Waals surface area contributed by atoms with Crippen LogP contribution in [0.5, 0.6) is 5.75 Å². The zero-order valence-electron chi connectivity index (χ0n) is 12.1. The summed E-state index contributed by atoms with van der Waals surface area (Å²) < 4.78 is 0. The number of nitrogens with one attached hydrogen (secondary N) is 1. The molecule has 0 amide bonds. The Labute approximate surface area is 125 Å². The van der Waals surface area contributed by atoms with Crippen LogP contribution < -0.4 is 5.32 Å². The number of hydrogen-bond acceptors (Lipinski definition) is 4. The third-order valence-corrected chi connectivity index (χ3v) is 4.18. The fraction of sp³-hybridized carbons (Fsp3) is 0.600. The van der Waals surface area contributed by atoms with Crippen molar-refractivity contribution in [1.82, 2.24) is 10.2 Å². The number of aliphatic hydroxyl groups is 1. The van der Waals surface area contributed by atoms with Crippen LogP contribution in [0.3, 0.4) is 0 Å². The number of aromatic hydroxyl groups is 1. The molecule has 1 aromatic carbocycles. The van der Waals surface area contributed by atoms with E-state index in [4.69, 9.17) is 11.6 Å². The van der Waals surface area contributed by atoms with E-state index in [1.807, 2.05) is 13.8 Å². The van der Waals surface area contributed by atoms with Gasteiger partial charge in [0.2, 0.25) is 0 Å². The third-order valence-electron chi connectivity index (χ3n) is 3.95. The lowest BCUT2D eigenvalue weighted by molar-refractivity contribution is 0.0293. The highest BCUT2D eigenvalue weighted by molar-refractivity contribution is 6.30. The molecule has 0 saturated carbocycles. The van der Waals surface area contributed by atoms with Crippen LogP contribution in [0.15, 0.2) is 18.2 Å². The van der Waals surface area contributed by atoms with Gasteiger partial charge in [0.15, 0.2) is 0 Å². The van der Waals surface area contributed by atoms with Gasteiger partial charge in [-0.2, -0.15) is 0 Å². The number of benzene rings is 1. The molecule has 1 atom stereocenters. The molecule has 1 saturated heterocycles. The smallest absolute Gasteiger partial charge is 0.120 e. The molecule has 1 heterocycles. The van der Waals surface area contributed by atoms with Crippen molar-refractivity contribution in [3.63, 3.8) is 0 Å². The molecule has 4 nitrogen and oxygen atoms in total. The van der Waals surface area contributed by atoms with Gasteiger partial charge in [-0.05, 0) is 18.2 Å². The maximum Gasteiger partial charge on any atom is 0.120 e. The molecule has 0 aromatic heterocycles. The van der Waals surface area contributed by atoms with Crippen molar-refractivity contribution in [1.29, 1.82) is 0 Å². The Kier molecular flexibility index (Phi) is 4.91. The van der Waals surface area contributed by atoms with Crippen molar-refractivity contribution >= 4 is 11.6 Å². The molecular weight excluding hydrogens is 276 g/mol. The van der Waals surface area contributed by atoms with Crippen LogP contribution in [0.4, 0.5) is 0 Å². The predicted octanol–water partition coefficient (Wildman–Crippen LogP) is 2.01. The summed E-state index contributed by atoms with van der Waals surface area (Å²) in [6, 6.07) is 5.05. The van der Waals surface area contributed by atoms with Gasteiger partial charge in [0.1, 0.15) is 5.75 Å². The molecule has 2 rings (SSSR count). The number of nitrogens with zero attached hydrogens (tertiary/aromatic N) is 1. The first kappa shape index (κ1) is 15.6. The largest absolute Gasteiger partial charge is 0.508 e. The van der Waals surface area contributed by atoms with Gasteiger partial charge in [0.05, 0.1) is 0 Å². The molecule has 0 aliphatic carbocycles. The zero-order valence-corrected chi connectivity index (χ0v) is 12.8. The summed E-state index contributed by atoms with van der Waals surface area (Å²) in [4.78, 5) is 2.30. The average molecular weight is 299 g/mol.